The van der Waals surface area contributed by atoms with Gasteiger partial charge in [-0.15, -0.1) is 0 Å². The molecule has 0 saturated carbocycles. The average Bonchev–Trinajstić information content (AvgIpc) is 2.49. The number of rotatable bonds is 2. The van der Waals surface area contributed by atoms with Crippen molar-refractivity contribution in [3.63, 3.8) is 0 Å². The van der Waals surface area contributed by atoms with Crippen LogP contribution in [0.4, 0.5) is 4.39 Å². The van der Waals surface area contributed by atoms with E-state index < -0.39 is 5.82 Å². The fourth-order valence-electron chi connectivity index (χ4n) is 2.60. The van der Waals surface area contributed by atoms with Crippen LogP contribution in [0.15, 0.2) is 41.7 Å². The smallest absolute Gasteiger partial charge is 0.264 e. The molecule has 0 spiro atoms. The minimum Gasteiger partial charge on any atom is -0.268 e. The molecule has 0 saturated heterocycles. The van der Waals surface area contributed by atoms with Crippen molar-refractivity contribution in [2.45, 2.75) is 26.7 Å². The third-order valence-corrected chi connectivity index (χ3v) is 3.73. The Labute approximate surface area is 127 Å². The van der Waals surface area contributed by atoms with Crippen LogP contribution >= 0.6 is 0 Å². The maximum atomic E-state index is 13.6. The van der Waals surface area contributed by atoms with Gasteiger partial charge in [0.25, 0.3) is 5.56 Å². The second kappa shape index (κ2) is 5.33. The summed E-state index contributed by atoms with van der Waals surface area (Å²) in [4.78, 5) is 20.9. The normalized spacial score (nSPS) is 11.3. The second-order valence-corrected chi connectivity index (χ2v) is 5.63. The molecule has 0 fully saturated rings. The largest absolute Gasteiger partial charge is 0.268 e. The van der Waals surface area contributed by atoms with Gasteiger partial charge in [0.05, 0.1) is 5.39 Å². The predicted molar refractivity (Wildman–Crippen MR) is 83.9 cm³/mol. The van der Waals surface area contributed by atoms with E-state index in [1.54, 1.807) is 18.5 Å². The van der Waals surface area contributed by atoms with E-state index in [9.17, 15) is 9.18 Å². The molecule has 0 unspecified atom stereocenters. The van der Waals surface area contributed by atoms with E-state index in [1.165, 1.54) is 23.0 Å². The maximum absolute atomic E-state index is 13.6. The minimum absolute atomic E-state index is 0.196. The van der Waals surface area contributed by atoms with Crippen LogP contribution in [0, 0.1) is 12.7 Å². The van der Waals surface area contributed by atoms with Gasteiger partial charge < -0.3 is 0 Å². The maximum Gasteiger partial charge on any atom is 0.264 e. The highest BCUT2D eigenvalue weighted by molar-refractivity contribution is 5.85. The van der Waals surface area contributed by atoms with E-state index in [0.717, 1.165) is 16.5 Å². The zero-order valence-corrected chi connectivity index (χ0v) is 12.7. The molecular formula is C17H16FN3O. The van der Waals surface area contributed by atoms with Gasteiger partial charge in [0.2, 0.25) is 0 Å². The summed E-state index contributed by atoms with van der Waals surface area (Å²) in [6.07, 6.45) is 4.85. The first kappa shape index (κ1) is 14.4. The fraction of sp³-hybridized carbons (Fsp3) is 0.235. The standard InChI is InChI=1S/C17H16FN3O/c1-10(2)15-8-21(16-11(3)7-19-9-20-16)17(22)14-6-12(18)4-5-13(14)15/h4-10H,1-3H3. The highest BCUT2D eigenvalue weighted by atomic mass is 19.1. The van der Waals surface area contributed by atoms with Crippen molar-refractivity contribution < 1.29 is 4.39 Å². The van der Waals surface area contributed by atoms with Crippen LogP contribution in [-0.2, 0) is 0 Å². The number of benzene rings is 1. The first-order valence-electron chi connectivity index (χ1n) is 7.11. The number of hydrogen-bond acceptors (Lipinski definition) is 3. The Morgan fingerprint density at radius 2 is 2.00 bits per heavy atom. The molecule has 4 nitrogen and oxygen atoms in total. The van der Waals surface area contributed by atoms with Crippen molar-refractivity contribution in [1.29, 1.82) is 0 Å². The van der Waals surface area contributed by atoms with E-state index in [4.69, 9.17) is 0 Å². The lowest BCUT2D eigenvalue weighted by atomic mass is 9.98. The van der Waals surface area contributed by atoms with Crippen molar-refractivity contribution in [2.24, 2.45) is 0 Å². The Hall–Kier alpha value is -2.56. The zero-order chi connectivity index (χ0) is 15.9. The first-order chi connectivity index (χ1) is 10.5. The number of fused-ring (bicyclic) bond motifs is 1. The van der Waals surface area contributed by atoms with Gasteiger partial charge in [0, 0.05) is 18.0 Å². The van der Waals surface area contributed by atoms with Gasteiger partial charge in [-0.1, -0.05) is 19.9 Å². The molecule has 0 N–H and O–H groups in total. The summed E-state index contributed by atoms with van der Waals surface area (Å²) in [7, 11) is 0. The minimum atomic E-state index is -0.420. The summed E-state index contributed by atoms with van der Waals surface area (Å²) < 4.78 is 15.1. The summed E-state index contributed by atoms with van der Waals surface area (Å²) in [6, 6.07) is 4.34. The number of aryl methyl sites for hydroxylation is 1. The summed E-state index contributed by atoms with van der Waals surface area (Å²) in [5.41, 5.74) is 1.49. The third-order valence-electron chi connectivity index (χ3n) is 3.73. The predicted octanol–water partition coefficient (Wildman–Crippen LogP) is 3.35. The Kier molecular flexibility index (Phi) is 3.48. The number of halogens is 1. The van der Waals surface area contributed by atoms with Gasteiger partial charge in [-0.3, -0.25) is 9.36 Å². The summed E-state index contributed by atoms with van der Waals surface area (Å²) >= 11 is 0. The molecule has 112 valence electrons. The molecule has 0 aliphatic carbocycles. The molecular weight excluding hydrogens is 281 g/mol. The van der Waals surface area contributed by atoms with Crippen LogP contribution in [-0.4, -0.2) is 14.5 Å². The lowest BCUT2D eigenvalue weighted by Gasteiger charge is -2.15. The van der Waals surface area contributed by atoms with Crippen LogP contribution in [0.2, 0.25) is 0 Å². The lowest BCUT2D eigenvalue weighted by molar-refractivity contribution is 0.629. The molecule has 0 aliphatic rings. The van der Waals surface area contributed by atoms with E-state index in [0.29, 0.717) is 11.2 Å². The van der Waals surface area contributed by atoms with Crippen LogP contribution in [0.25, 0.3) is 16.6 Å². The summed E-state index contributed by atoms with van der Waals surface area (Å²) in [6.45, 7) is 5.92. The monoisotopic (exact) mass is 297 g/mol. The molecule has 0 aliphatic heterocycles. The fourth-order valence-corrected chi connectivity index (χ4v) is 2.60. The van der Waals surface area contributed by atoms with Crippen LogP contribution in [0.3, 0.4) is 0 Å². The average molecular weight is 297 g/mol. The highest BCUT2D eigenvalue weighted by Gasteiger charge is 2.14. The van der Waals surface area contributed by atoms with Gasteiger partial charge in [-0.2, -0.15) is 0 Å². The second-order valence-electron chi connectivity index (χ2n) is 5.63. The van der Waals surface area contributed by atoms with Crippen LogP contribution < -0.4 is 5.56 Å². The van der Waals surface area contributed by atoms with Crippen molar-refractivity contribution in [3.8, 4) is 5.82 Å². The Morgan fingerprint density at radius 3 is 2.68 bits per heavy atom. The van der Waals surface area contributed by atoms with E-state index in [-0.39, 0.29) is 11.5 Å². The molecule has 0 atom stereocenters. The van der Waals surface area contributed by atoms with Gasteiger partial charge in [-0.05, 0) is 35.9 Å². The molecule has 0 radical (unpaired) electrons. The molecule has 22 heavy (non-hydrogen) atoms. The van der Waals surface area contributed by atoms with Crippen LogP contribution in [0.5, 0.6) is 0 Å². The molecule has 0 amide bonds. The Morgan fingerprint density at radius 1 is 1.23 bits per heavy atom. The number of aromatic nitrogens is 3. The van der Waals surface area contributed by atoms with Gasteiger partial charge in [0.1, 0.15) is 18.0 Å². The van der Waals surface area contributed by atoms with Gasteiger partial charge in [-0.25, -0.2) is 14.4 Å². The van der Waals surface area contributed by atoms with Crippen molar-refractivity contribution in [1.82, 2.24) is 14.5 Å². The SMILES string of the molecule is Cc1cncnc1-n1cc(C(C)C)c2ccc(F)cc2c1=O. The summed E-state index contributed by atoms with van der Waals surface area (Å²) in [5.74, 6) is 0.298. The van der Waals surface area contributed by atoms with Crippen molar-refractivity contribution in [2.75, 3.05) is 0 Å². The van der Waals surface area contributed by atoms with Crippen molar-refractivity contribution >= 4 is 10.8 Å². The third kappa shape index (κ3) is 2.28. The molecule has 5 heteroatoms. The number of hydrogen-bond donors (Lipinski definition) is 0. The Balaban J connectivity index is 2.44. The van der Waals surface area contributed by atoms with Crippen LogP contribution in [0.1, 0.15) is 30.9 Å². The molecule has 1 aromatic carbocycles. The lowest BCUT2D eigenvalue weighted by Crippen LogP contribution is -2.21. The number of pyridine rings is 1. The van der Waals surface area contributed by atoms with Gasteiger partial charge >= 0.3 is 0 Å². The Bertz CT molecular complexity index is 915. The summed E-state index contributed by atoms with van der Waals surface area (Å²) in [5, 5.41) is 1.15. The van der Waals surface area contributed by atoms with Crippen molar-refractivity contribution in [3.05, 3.63) is 64.2 Å². The zero-order valence-electron chi connectivity index (χ0n) is 12.7. The number of nitrogens with zero attached hydrogens (tertiary/aromatic N) is 3. The van der Waals surface area contributed by atoms with E-state index >= 15 is 0 Å². The first-order valence-corrected chi connectivity index (χ1v) is 7.11. The topological polar surface area (TPSA) is 47.8 Å². The van der Waals surface area contributed by atoms with E-state index in [2.05, 4.69) is 9.97 Å². The highest BCUT2D eigenvalue weighted by Crippen LogP contribution is 2.25. The van der Waals surface area contributed by atoms with E-state index in [1.807, 2.05) is 20.8 Å². The van der Waals surface area contributed by atoms with Gasteiger partial charge in [0.15, 0.2) is 0 Å². The molecule has 2 heterocycles. The quantitative estimate of drug-likeness (QED) is 0.729. The molecule has 3 aromatic rings. The molecule has 3 rings (SSSR count). The molecule has 0 bridgehead atoms. The molecule has 2 aromatic heterocycles.